The molecule has 5 nitrogen and oxygen atoms in total. The Morgan fingerprint density at radius 1 is 0.812 bits per heavy atom. The molecule has 0 aliphatic heterocycles. The molecule has 1 N–H and O–H groups in total. The minimum absolute atomic E-state index is 0.0927. The molecule has 0 aliphatic carbocycles. The van der Waals surface area contributed by atoms with Crippen LogP contribution < -0.4 is 5.56 Å². The molecular weight excluding hydrogens is 417 g/mol. The summed E-state index contributed by atoms with van der Waals surface area (Å²) in [7, 11) is 0. The molecule has 5 aromatic rings. The Morgan fingerprint density at radius 3 is 2.12 bits per heavy atom. The first-order valence-corrected chi connectivity index (χ1v) is 9.73. The third kappa shape index (κ3) is 3.35. The maximum absolute atomic E-state index is 13.4. The third-order valence-corrected chi connectivity index (χ3v) is 5.12. The van der Waals surface area contributed by atoms with Crippen molar-refractivity contribution in [2.24, 2.45) is 0 Å². The van der Waals surface area contributed by atoms with E-state index in [0.29, 0.717) is 22.3 Å². The SMILES string of the molecule is O=c1[nH]nc(-c2ccccc2)c2c(-c3ccccc3)n(-c3cccc(C(F)(F)F)c3)nc12. The van der Waals surface area contributed by atoms with Gasteiger partial charge < -0.3 is 0 Å². The number of nitrogens with zero attached hydrogens (tertiary/aromatic N) is 3. The fourth-order valence-electron chi connectivity index (χ4n) is 3.69. The number of rotatable bonds is 3. The lowest BCUT2D eigenvalue weighted by Gasteiger charge is -2.12. The van der Waals surface area contributed by atoms with Crippen LogP contribution in [0, 0.1) is 0 Å². The Bertz CT molecular complexity index is 1470. The number of aromatic amines is 1. The molecule has 0 fully saturated rings. The molecule has 32 heavy (non-hydrogen) atoms. The Balaban J connectivity index is 1.90. The molecule has 2 heterocycles. The van der Waals surface area contributed by atoms with Gasteiger partial charge in [-0.15, -0.1) is 0 Å². The standard InChI is InChI=1S/C24H15F3N4O/c25-24(26,27)17-12-7-13-18(14-17)31-22(16-10-5-2-6-11-16)19-20(15-8-3-1-4-9-15)28-29-23(32)21(19)30-31/h1-14H,(H,29,32). The second-order valence-electron chi connectivity index (χ2n) is 7.17. The molecule has 0 amide bonds. The van der Waals surface area contributed by atoms with Crippen molar-refractivity contribution >= 4 is 10.9 Å². The quantitative estimate of drug-likeness (QED) is 0.412. The molecule has 0 saturated heterocycles. The van der Waals surface area contributed by atoms with Gasteiger partial charge in [0.25, 0.3) is 5.56 Å². The average Bonchev–Trinajstić information content (AvgIpc) is 3.22. The number of benzene rings is 3. The van der Waals surface area contributed by atoms with Crippen LogP contribution in [0.25, 0.3) is 39.1 Å². The topological polar surface area (TPSA) is 63.6 Å². The van der Waals surface area contributed by atoms with E-state index in [1.165, 1.54) is 16.8 Å². The highest BCUT2D eigenvalue weighted by molar-refractivity contribution is 6.02. The van der Waals surface area contributed by atoms with Gasteiger partial charge in [-0.2, -0.15) is 23.4 Å². The number of hydrogen-bond donors (Lipinski definition) is 1. The molecule has 0 aliphatic rings. The first kappa shape index (κ1) is 19.7. The van der Waals surface area contributed by atoms with E-state index in [0.717, 1.165) is 17.7 Å². The Labute approximate surface area is 179 Å². The molecule has 0 radical (unpaired) electrons. The van der Waals surface area contributed by atoms with E-state index in [1.807, 2.05) is 60.7 Å². The summed E-state index contributed by atoms with van der Waals surface area (Å²) < 4.78 is 41.5. The molecule has 3 aromatic carbocycles. The van der Waals surface area contributed by atoms with E-state index in [-0.39, 0.29) is 11.2 Å². The van der Waals surface area contributed by atoms with E-state index >= 15 is 0 Å². The average molecular weight is 432 g/mol. The molecule has 0 saturated carbocycles. The summed E-state index contributed by atoms with van der Waals surface area (Å²) >= 11 is 0. The number of nitrogens with one attached hydrogen (secondary N) is 1. The minimum atomic E-state index is -4.51. The first-order valence-electron chi connectivity index (χ1n) is 9.73. The fourth-order valence-corrected chi connectivity index (χ4v) is 3.69. The lowest BCUT2D eigenvalue weighted by atomic mass is 10.0. The molecule has 8 heteroatoms. The monoisotopic (exact) mass is 432 g/mol. The molecule has 0 unspecified atom stereocenters. The van der Waals surface area contributed by atoms with Gasteiger partial charge in [-0.3, -0.25) is 4.79 Å². The molecule has 2 aromatic heterocycles. The summed E-state index contributed by atoms with van der Waals surface area (Å²) in [6.07, 6.45) is -4.51. The van der Waals surface area contributed by atoms with Gasteiger partial charge in [-0.25, -0.2) is 9.78 Å². The molecule has 0 bridgehead atoms. The van der Waals surface area contributed by atoms with Gasteiger partial charge in [-0.05, 0) is 18.2 Å². The highest BCUT2D eigenvalue weighted by atomic mass is 19.4. The van der Waals surface area contributed by atoms with Gasteiger partial charge in [0.05, 0.1) is 22.3 Å². The van der Waals surface area contributed by atoms with Crippen molar-refractivity contribution in [1.29, 1.82) is 0 Å². The van der Waals surface area contributed by atoms with E-state index in [2.05, 4.69) is 15.3 Å². The molecular formula is C24H15F3N4O. The largest absolute Gasteiger partial charge is 0.416 e. The predicted molar refractivity (Wildman–Crippen MR) is 115 cm³/mol. The number of hydrogen-bond acceptors (Lipinski definition) is 3. The number of alkyl halides is 3. The number of H-pyrrole nitrogens is 1. The van der Waals surface area contributed by atoms with Gasteiger partial charge in [0, 0.05) is 11.1 Å². The fraction of sp³-hybridized carbons (Fsp3) is 0.0417. The van der Waals surface area contributed by atoms with Crippen molar-refractivity contribution in [2.45, 2.75) is 6.18 Å². The van der Waals surface area contributed by atoms with Gasteiger partial charge >= 0.3 is 6.18 Å². The number of halogens is 3. The van der Waals surface area contributed by atoms with E-state index in [1.54, 1.807) is 0 Å². The van der Waals surface area contributed by atoms with Crippen LogP contribution >= 0.6 is 0 Å². The highest BCUT2D eigenvalue weighted by Crippen LogP contribution is 2.36. The zero-order valence-electron chi connectivity index (χ0n) is 16.5. The first-order chi connectivity index (χ1) is 15.4. The summed E-state index contributed by atoms with van der Waals surface area (Å²) in [6.45, 7) is 0. The van der Waals surface area contributed by atoms with Crippen molar-refractivity contribution in [3.63, 3.8) is 0 Å². The Morgan fingerprint density at radius 2 is 1.47 bits per heavy atom. The van der Waals surface area contributed by atoms with Crippen molar-refractivity contribution in [1.82, 2.24) is 20.0 Å². The van der Waals surface area contributed by atoms with Crippen LogP contribution in [0.15, 0.2) is 89.7 Å². The molecule has 158 valence electrons. The zero-order valence-corrected chi connectivity index (χ0v) is 16.5. The second kappa shape index (κ2) is 7.49. The van der Waals surface area contributed by atoms with Crippen molar-refractivity contribution in [2.75, 3.05) is 0 Å². The summed E-state index contributed by atoms with van der Waals surface area (Å²) in [5.41, 5.74) is 1.36. The van der Waals surface area contributed by atoms with Crippen molar-refractivity contribution in [3.8, 4) is 28.2 Å². The van der Waals surface area contributed by atoms with Gasteiger partial charge in [0.1, 0.15) is 5.69 Å². The van der Waals surface area contributed by atoms with Gasteiger partial charge in [0.2, 0.25) is 0 Å². The van der Waals surface area contributed by atoms with E-state index in [4.69, 9.17) is 0 Å². The van der Waals surface area contributed by atoms with Crippen LogP contribution in [0.1, 0.15) is 5.56 Å². The molecule has 0 spiro atoms. The van der Waals surface area contributed by atoms with Crippen molar-refractivity contribution in [3.05, 3.63) is 101 Å². The van der Waals surface area contributed by atoms with Crippen molar-refractivity contribution < 1.29 is 13.2 Å². The van der Waals surface area contributed by atoms with Crippen LogP contribution in [-0.2, 0) is 6.18 Å². The summed E-state index contributed by atoms with van der Waals surface area (Å²) in [5.74, 6) is 0. The van der Waals surface area contributed by atoms with Crippen LogP contribution in [0.5, 0.6) is 0 Å². The highest BCUT2D eigenvalue weighted by Gasteiger charge is 2.31. The number of fused-ring (bicyclic) bond motifs is 1. The molecule has 0 atom stereocenters. The summed E-state index contributed by atoms with van der Waals surface area (Å²) in [5, 5.41) is 11.6. The zero-order chi connectivity index (χ0) is 22.3. The third-order valence-electron chi connectivity index (χ3n) is 5.12. The van der Waals surface area contributed by atoms with Crippen LogP contribution in [-0.4, -0.2) is 20.0 Å². The van der Waals surface area contributed by atoms with Crippen LogP contribution in [0.3, 0.4) is 0 Å². The normalized spacial score (nSPS) is 11.7. The summed E-state index contributed by atoms with van der Waals surface area (Å²) in [6, 6.07) is 23.2. The van der Waals surface area contributed by atoms with E-state index in [9.17, 15) is 18.0 Å². The van der Waals surface area contributed by atoms with Crippen LogP contribution in [0.4, 0.5) is 13.2 Å². The second-order valence-corrected chi connectivity index (χ2v) is 7.17. The number of aromatic nitrogens is 4. The molecule has 5 rings (SSSR count). The lowest BCUT2D eigenvalue weighted by Crippen LogP contribution is -2.09. The van der Waals surface area contributed by atoms with Gasteiger partial charge in [0.15, 0.2) is 5.52 Å². The van der Waals surface area contributed by atoms with Gasteiger partial charge in [-0.1, -0.05) is 66.7 Å². The Kier molecular flexibility index (Phi) is 4.62. The smallest absolute Gasteiger partial charge is 0.265 e. The predicted octanol–water partition coefficient (Wildman–Crippen LogP) is 5.46. The lowest BCUT2D eigenvalue weighted by molar-refractivity contribution is -0.137. The maximum Gasteiger partial charge on any atom is 0.416 e. The van der Waals surface area contributed by atoms with E-state index < -0.39 is 17.3 Å². The minimum Gasteiger partial charge on any atom is -0.265 e. The van der Waals surface area contributed by atoms with Crippen LogP contribution in [0.2, 0.25) is 0 Å². The maximum atomic E-state index is 13.4. The summed E-state index contributed by atoms with van der Waals surface area (Å²) in [4.78, 5) is 12.6. The Hall–Kier alpha value is -4.20.